The van der Waals surface area contributed by atoms with Gasteiger partial charge in [-0.25, -0.2) is 0 Å². The van der Waals surface area contributed by atoms with E-state index in [-0.39, 0.29) is 24.6 Å². The molecule has 0 radical (unpaired) electrons. The van der Waals surface area contributed by atoms with Gasteiger partial charge in [-0.1, -0.05) is 0 Å². The fraction of sp³-hybridized carbons (Fsp3) is 0. The van der Waals surface area contributed by atoms with Crippen LogP contribution in [0.15, 0.2) is 121 Å². The van der Waals surface area contributed by atoms with E-state index in [2.05, 4.69) is 121 Å². The Kier molecular flexibility index (Phi) is 8.43. The first-order valence-electron chi connectivity index (χ1n) is 8.82. The molecule has 0 amide bonds. The van der Waals surface area contributed by atoms with E-state index in [0.717, 1.165) is 0 Å². The minimum atomic E-state index is -0.359. The van der Waals surface area contributed by atoms with Crippen molar-refractivity contribution in [3.63, 3.8) is 0 Å². The standard InChI is InChI=1S/2C12H10P.ClH.Pd/c2*1-3-7-11(8-4-1)13-12-9-5-2-6-10-12;;/h2*1-10H;1H;/q2*-1;;+2. The number of hydrogen-bond donors (Lipinski definition) is 0. The fourth-order valence-corrected chi connectivity index (χ4v) is 18.7. The Morgan fingerprint density at radius 2 is 0.571 bits per heavy atom. The van der Waals surface area contributed by atoms with E-state index in [4.69, 9.17) is 0 Å². The van der Waals surface area contributed by atoms with Crippen LogP contribution in [0.4, 0.5) is 0 Å². The molecule has 0 N–H and O–H groups in total. The molecule has 28 heavy (non-hydrogen) atoms. The summed E-state index contributed by atoms with van der Waals surface area (Å²) in [5.74, 6) is 0. The van der Waals surface area contributed by atoms with Crippen LogP contribution in [0, 0.1) is 0 Å². The summed E-state index contributed by atoms with van der Waals surface area (Å²) in [6.45, 7) is 0. The van der Waals surface area contributed by atoms with Crippen molar-refractivity contribution in [1.82, 2.24) is 0 Å². The fourth-order valence-electron chi connectivity index (χ4n) is 2.71. The molecule has 0 aliphatic heterocycles. The molecule has 4 aromatic rings. The van der Waals surface area contributed by atoms with Gasteiger partial charge in [0.25, 0.3) is 0 Å². The predicted molar refractivity (Wildman–Crippen MR) is 125 cm³/mol. The van der Waals surface area contributed by atoms with E-state index in [9.17, 15) is 0 Å². The second kappa shape index (κ2) is 11.0. The van der Waals surface area contributed by atoms with Gasteiger partial charge in [0.2, 0.25) is 0 Å². The van der Waals surface area contributed by atoms with Crippen LogP contribution in [0.1, 0.15) is 0 Å². The SMILES string of the molecule is Cl.c1ccc([P]([Pd][P](c2ccccc2)c2ccccc2)c2ccccc2)cc1. The molecule has 0 spiro atoms. The molecule has 0 bridgehead atoms. The van der Waals surface area contributed by atoms with Crippen LogP contribution in [-0.2, 0) is 17.0 Å². The second-order valence-electron chi connectivity index (χ2n) is 5.91. The summed E-state index contributed by atoms with van der Waals surface area (Å²) in [7, 11) is 0. The maximum atomic E-state index is 2.31. The van der Waals surface area contributed by atoms with E-state index in [1.54, 1.807) is 0 Å². The second-order valence-corrected chi connectivity index (χ2v) is 16.5. The van der Waals surface area contributed by atoms with Crippen LogP contribution >= 0.6 is 24.6 Å². The van der Waals surface area contributed by atoms with Gasteiger partial charge in [-0.05, 0) is 0 Å². The average molecular weight is 513 g/mol. The molecule has 0 saturated carbocycles. The summed E-state index contributed by atoms with van der Waals surface area (Å²) in [5.41, 5.74) is 0. The van der Waals surface area contributed by atoms with Crippen molar-refractivity contribution in [1.29, 1.82) is 0 Å². The first kappa shape index (κ1) is 21.4. The van der Waals surface area contributed by atoms with E-state index in [0.29, 0.717) is 17.0 Å². The van der Waals surface area contributed by atoms with Crippen molar-refractivity contribution in [2.45, 2.75) is 0 Å². The van der Waals surface area contributed by atoms with Crippen molar-refractivity contribution in [2.75, 3.05) is 0 Å². The number of hydrogen-bond acceptors (Lipinski definition) is 0. The van der Waals surface area contributed by atoms with E-state index in [1.807, 2.05) is 0 Å². The molecule has 0 saturated heterocycles. The third-order valence-electron chi connectivity index (χ3n) is 3.99. The Labute approximate surface area is 183 Å². The Bertz CT molecular complexity index is 791. The van der Waals surface area contributed by atoms with Gasteiger partial charge in [0.15, 0.2) is 0 Å². The van der Waals surface area contributed by atoms with Gasteiger partial charge in [-0.3, -0.25) is 0 Å². The first-order chi connectivity index (χ1) is 13.4. The zero-order valence-corrected chi connectivity index (χ0v) is 19.3. The third kappa shape index (κ3) is 5.39. The average Bonchev–Trinajstić information content (AvgIpc) is 2.77. The van der Waals surface area contributed by atoms with Crippen LogP contribution in [0.3, 0.4) is 0 Å². The Balaban J connectivity index is 0.00000225. The predicted octanol–water partition coefficient (Wildman–Crippen LogP) is 5.59. The molecule has 4 rings (SSSR count). The molecule has 0 heterocycles. The molecule has 0 aliphatic rings. The molecule has 0 fully saturated rings. The van der Waals surface area contributed by atoms with Crippen molar-refractivity contribution in [3.05, 3.63) is 121 Å². The summed E-state index contributed by atoms with van der Waals surface area (Å²) in [4.78, 5) is 0. The normalized spacial score (nSPS) is 10.8. The molecule has 0 atom stereocenters. The van der Waals surface area contributed by atoms with Crippen molar-refractivity contribution in [2.24, 2.45) is 0 Å². The summed E-state index contributed by atoms with van der Waals surface area (Å²) >= 11 is 0.598. The van der Waals surface area contributed by atoms with E-state index in [1.165, 1.54) is 21.2 Å². The van der Waals surface area contributed by atoms with Gasteiger partial charge in [0.1, 0.15) is 0 Å². The molecule has 144 valence electrons. The van der Waals surface area contributed by atoms with Crippen LogP contribution in [0.25, 0.3) is 0 Å². The third-order valence-corrected chi connectivity index (χ3v) is 18.3. The monoisotopic (exact) mass is 512 g/mol. The quantitative estimate of drug-likeness (QED) is 0.233. The first-order valence-corrected chi connectivity index (χ1v) is 15.3. The number of benzene rings is 4. The molecule has 4 heteroatoms. The number of halogens is 1. The van der Waals surface area contributed by atoms with Crippen LogP contribution in [-0.4, -0.2) is 0 Å². The molecule has 0 nitrogen and oxygen atoms in total. The van der Waals surface area contributed by atoms with Crippen LogP contribution in [0.5, 0.6) is 0 Å². The zero-order chi connectivity index (χ0) is 18.3. The molecule has 0 aromatic heterocycles. The van der Waals surface area contributed by atoms with E-state index >= 15 is 0 Å². The Morgan fingerprint density at radius 3 is 0.786 bits per heavy atom. The Hall–Kier alpha value is -1.31. The summed E-state index contributed by atoms with van der Waals surface area (Å²) in [6.07, 6.45) is -0.717. The molecular weight excluding hydrogens is 492 g/mol. The van der Waals surface area contributed by atoms with Gasteiger partial charge >= 0.3 is 172 Å². The van der Waals surface area contributed by atoms with Gasteiger partial charge in [-0.2, -0.15) is 0 Å². The zero-order valence-electron chi connectivity index (χ0n) is 15.2. The minimum absolute atomic E-state index is 0. The van der Waals surface area contributed by atoms with Gasteiger partial charge in [0, 0.05) is 0 Å². The van der Waals surface area contributed by atoms with Crippen LogP contribution in [0.2, 0.25) is 0 Å². The molecule has 0 aliphatic carbocycles. The topological polar surface area (TPSA) is 0 Å². The Morgan fingerprint density at radius 1 is 0.357 bits per heavy atom. The van der Waals surface area contributed by atoms with Crippen molar-refractivity contribution >= 4 is 45.8 Å². The number of rotatable bonds is 6. The van der Waals surface area contributed by atoms with E-state index < -0.39 is 0 Å². The summed E-state index contributed by atoms with van der Waals surface area (Å²) in [5, 5.41) is 5.92. The van der Waals surface area contributed by atoms with Crippen molar-refractivity contribution < 1.29 is 17.0 Å². The van der Waals surface area contributed by atoms with Crippen LogP contribution < -0.4 is 21.2 Å². The van der Waals surface area contributed by atoms with Gasteiger partial charge in [-0.15, -0.1) is 12.4 Å². The summed E-state index contributed by atoms with van der Waals surface area (Å²) in [6, 6.07) is 44.3. The van der Waals surface area contributed by atoms with Gasteiger partial charge in [0.05, 0.1) is 0 Å². The van der Waals surface area contributed by atoms with Gasteiger partial charge < -0.3 is 0 Å². The molecular formula is C24H21ClP2Pd. The van der Waals surface area contributed by atoms with Crippen molar-refractivity contribution in [3.8, 4) is 0 Å². The molecule has 0 unspecified atom stereocenters. The summed E-state index contributed by atoms with van der Waals surface area (Å²) < 4.78 is 0. The maximum absolute atomic E-state index is 2.31. The molecule has 4 aromatic carbocycles.